The second-order valence-electron chi connectivity index (χ2n) is 1.27. The lowest BCUT2D eigenvalue weighted by Crippen LogP contribution is -2.21. The molecule has 2 N–H and O–H groups in total. The first-order valence-electron chi connectivity index (χ1n) is 2.05. The molecule has 0 bridgehead atoms. The molecule has 0 radical (unpaired) electrons. The molecule has 0 saturated heterocycles. The van der Waals surface area contributed by atoms with E-state index in [0.29, 0.717) is 0 Å². The van der Waals surface area contributed by atoms with Gasteiger partial charge < -0.3 is 10.2 Å². The van der Waals surface area contributed by atoms with Crippen LogP contribution in [0.2, 0.25) is 0 Å². The van der Waals surface area contributed by atoms with Crippen molar-refractivity contribution in [2.45, 2.75) is 10.9 Å². The fourth-order valence-corrected chi connectivity index (χ4v) is 0.299. The Morgan fingerprint density at radius 2 is 2.25 bits per heavy atom. The van der Waals surface area contributed by atoms with Crippen LogP contribution in [0.4, 0.5) is 0 Å². The lowest BCUT2D eigenvalue weighted by molar-refractivity contribution is 0.185. The van der Waals surface area contributed by atoms with Gasteiger partial charge in [0.25, 0.3) is 0 Å². The van der Waals surface area contributed by atoms with Crippen molar-refractivity contribution in [2.75, 3.05) is 6.61 Å². The van der Waals surface area contributed by atoms with E-state index >= 15 is 0 Å². The molecule has 0 heterocycles. The van der Waals surface area contributed by atoms with Crippen LogP contribution in [0.1, 0.15) is 0 Å². The molecule has 2 atom stereocenters. The van der Waals surface area contributed by atoms with E-state index in [0.717, 1.165) is 0 Å². The zero-order valence-corrected chi connectivity index (χ0v) is 5.67. The predicted octanol–water partition coefficient (Wildman–Crippen LogP) is -0.373. The van der Waals surface area contributed by atoms with Gasteiger partial charge in [-0.3, -0.25) is 0 Å². The maximum atomic E-state index is 8.56. The maximum absolute atomic E-state index is 8.56. The van der Waals surface area contributed by atoms with E-state index in [2.05, 4.69) is 15.9 Å². The van der Waals surface area contributed by atoms with Crippen LogP contribution >= 0.6 is 15.9 Å². The monoisotopic (exact) mass is 179 g/mol. The number of aliphatic hydroxyl groups excluding tert-OH is 2. The van der Waals surface area contributed by atoms with Crippen LogP contribution in [0.25, 0.3) is 0 Å². The number of rotatable bonds is 2. The van der Waals surface area contributed by atoms with Crippen molar-refractivity contribution in [3.63, 3.8) is 0 Å². The van der Waals surface area contributed by atoms with Crippen LogP contribution in [0.5, 0.6) is 0 Å². The van der Waals surface area contributed by atoms with Gasteiger partial charge in [0.05, 0.1) is 17.5 Å². The highest BCUT2D eigenvalue weighted by molar-refractivity contribution is 9.09. The van der Waals surface area contributed by atoms with Crippen LogP contribution in [0, 0.1) is 11.3 Å². The summed E-state index contributed by atoms with van der Waals surface area (Å²) >= 11 is 2.88. The standard InChI is InChI=1S/C4H6BrNO2/c5-3(2-7)4(8)1-6/h3-4,7-8H,2H2/t3-,4+/m1/s1. The third-order valence-electron chi connectivity index (χ3n) is 0.649. The Labute approximate surface area is 55.7 Å². The van der Waals surface area contributed by atoms with E-state index < -0.39 is 10.9 Å². The van der Waals surface area contributed by atoms with Gasteiger partial charge in [-0.15, -0.1) is 0 Å². The normalized spacial score (nSPS) is 16.8. The number of alkyl halides is 1. The summed E-state index contributed by atoms with van der Waals surface area (Å²) in [5.74, 6) is 0. The first-order chi connectivity index (χ1) is 3.72. The molecular weight excluding hydrogens is 174 g/mol. The fraction of sp³-hybridized carbons (Fsp3) is 0.750. The predicted molar refractivity (Wildman–Crippen MR) is 31.4 cm³/mol. The number of hydrogen-bond acceptors (Lipinski definition) is 3. The van der Waals surface area contributed by atoms with Crippen LogP contribution in [-0.4, -0.2) is 27.8 Å². The van der Waals surface area contributed by atoms with Crippen LogP contribution in [0.3, 0.4) is 0 Å². The molecule has 0 aliphatic rings. The van der Waals surface area contributed by atoms with Crippen molar-refractivity contribution >= 4 is 15.9 Å². The van der Waals surface area contributed by atoms with Crippen molar-refractivity contribution < 1.29 is 10.2 Å². The molecule has 0 aromatic heterocycles. The van der Waals surface area contributed by atoms with E-state index in [9.17, 15) is 0 Å². The Hall–Kier alpha value is -0.110. The minimum atomic E-state index is -1.11. The summed E-state index contributed by atoms with van der Waals surface area (Å²) in [7, 11) is 0. The van der Waals surface area contributed by atoms with Crippen molar-refractivity contribution in [3.8, 4) is 6.07 Å². The maximum Gasteiger partial charge on any atom is 0.155 e. The van der Waals surface area contributed by atoms with Gasteiger partial charge in [-0.1, -0.05) is 15.9 Å². The van der Waals surface area contributed by atoms with Crippen LogP contribution in [0.15, 0.2) is 0 Å². The number of nitrogens with zero attached hydrogens (tertiary/aromatic N) is 1. The summed E-state index contributed by atoms with van der Waals surface area (Å²) in [6.45, 7) is -0.227. The lowest BCUT2D eigenvalue weighted by atomic mass is 10.3. The Balaban J connectivity index is 3.49. The fourth-order valence-electron chi connectivity index (χ4n) is 0.181. The van der Waals surface area contributed by atoms with Gasteiger partial charge in [0, 0.05) is 0 Å². The smallest absolute Gasteiger partial charge is 0.155 e. The molecule has 0 aliphatic heterocycles. The van der Waals surface area contributed by atoms with Gasteiger partial charge in [-0.05, 0) is 0 Å². The van der Waals surface area contributed by atoms with E-state index in [1.807, 2.05) is 0 Å². The molecule has 0 aromatic rings. The molecule has 0 fully saturated rings. The molecule has 3 nitrogen and oxygen atoms in total. The van der Waals surface area contributed by atoms with Crippen molar-refractivity contribution in [2.24, 2.45) is 0 Å². The summed E-state index contributed by atoms with van der Waals surface area (Å²) in [6.07, 6.45) is -1.11. The van der Waals surface area contributed by atoms with Crippen molar-refractivity contribution in [3.05, 3.63) is 0 Å². The van der Waals surface area contributed by atoms with Gasteiger partial charge >= 0.3 is 0 Å². The van der Waals surface area contributed by atoms with Gasteiger partial charge in [0.15, 0.2) is 6.10 Å². The summed E-state index contributed by atoms with van der Waals surface area (Å²) in [4.78, 5) is -0.521. The largest absolute Gasteiger partial charge is 0.395 e. The molecule has 0 spiro atoms. The first-order valence-corrected chi connectivity index (χ1v) is 2.96. The molecule has 0 aliphatic carbocycles. The minimum absolute atomic E-state index is 0.227. The van der Waals surface area contributed by atoms with E-state index in [4.69, 9.17) is 15.5 Å². The average molecular weight is 180 g/mol. The average Bonchev–Trinajstić information content (AvgIpc) is 1.84. The quantitative estimate of drug-likeness (QED) is 0.450. The zero-order chi connectivity index (χ0) is 6.57. The molecular formula is C4H6BrNO2. The van der Waals surface area contributed by atoms with Crippen LogP contribution < -0.4 is 0 Å². The SMILES string of the molecule is N#C[C@H](O)[C@H](Br)CO. The topological polar surface area (TPSA) is 64.2 Å². The van der Waals surface area contributed by atoms with Gasteiger partial charge in [0.1, 0.15) is 0 Å². The Bertz CT molecular complexity index is 101. The summed E-state index contributed by atoms with van der Waals surface area (Å²) in [6, 6.07) is 1.56. The number of aliphatic hydroxyl groups is 2. The Morgan fingerprint density at radius 3 is 2.38 bits per heavy atom. The molecule has 8 heavy (non-hydrogen) atoms. The first kappa shape index (κ1) is 7.89. The summed E-state index contributed by atoms with van der Waals surface area (Å²) < 4.78 is 0. The van der Waals surface area contributed by atoms with Crippen molar-refractivity contribution in [1.82, 2.24) is 0 Å². The van der Waals surface area contributed by atoms with Gasteiger partial charge in [-0.25, -0.2) is 0 Å². The van der Waals surface area contributed by atoms with E-state index in [-0.39, 0.29) is 6.61 Å². The second-order valence-corrected chi connectivity index (χ2v) is 2.45. The molecule has 0 unspecified atom stereocenters. The van der Waals surface area contributed by atoms with Crippen molar-refractivity contribution in [1.29, 1.82) is 5.26 Å². The minimum Gasteiger partial charge on any atom is -0.395 e. The van der Waals surface area contributed by atoms with E-state index in [1.54, 1.807) is 6.07 Å². The highest BCUT2D eigenvalue weighted by Crippen LogP contribution is 2.02. The lowest BCUT2D eigenvalue weighted by Gasteiger charge is -2.04. The molecule has 0 amide bonds. The number of hydrogen-bond donors (Lipinski definition) is 2. The summed E-state index contributed by atoms with van der Waals surface area (Å²) in [5.41, 5.74) is 0. The Kier molecular flexibility index (Phi) is 3.79. The van der Waals surface area contributed by atoms with Gasteiger partial charge in [0.2, 0.25) is 0 Å². The molecule has 4 heteroatoms. The third kappa shape index (κ3) is 2.26. The highest BCUT2D eigenvalue weighted by atomic mass is 79.9. The molecule has 0 aromatic carbocycles. The molecule has 46 valence electrons. The van der Waals surface area contributed by atoms with Gasteiger partial charge in [-0.2, -0.15) is 5.26 Å². The molecule has 0 saturated carbocycles. The molecule has 0 rings (SSSR count). The zero-order valence-electron chi connectivity index (χ0n) is 4.08. The second kappa shape index (κ2) is 3.84. The van der Waals surface area contributed by atoms with E-state index in [1.165, 1.54) is 0 Å². The summed E-state index contributed by atoms with van der Waals surface area (Å²) in [5, 5.41) is 24.8. The highest BCUT2D eigenvalue weighted by Gasteiger charge is 2.12. The number of nitriles is 1. The van der Waals surface area contributed by atoms with Crippen LogP contribution in [-0.2, 0) is 0 Å². The Morgan fingerprint density at radius 1 is 1.75 bits per heavy atom. The number of halogens is 1. The third-order valence-corrected chi connectivity index (χ3v) is 1.44.